The lowest BCUT2D eigenvalue weighted by atomic mass is 9.97. The second kappa shape index (κ2) is 15.6. The van der Waals surface area contributed by atoms with Crippen LogP contribution in [-0.4, -0.2) is 4.57 Å². The molecule has 1 aromatic heterocycles. The first-order chi connectivity index (χ1) is 30.3. The Hall–Kier alpha value is -8.14. The molecule has 0 radical (unpaired) electrons. The topological polar surface area (TPSA) is 11.4 Å². The van der Waals surface area contributed by atoms with Crippen molar-refractivity contribution < 1.29 is 0 Å². The van der Waals surface area contributed by atoms with Gasteiger partial charge in [-0.1, -0.05) is 152 Å². The molecule has 0 amide bonds. The van der Waals surface area contributed by atoms with Crippen molar-refractivity contribution in [3.63, 3.8) is 0 Å². The Kier molecular flexibility index (Phi) is 9.18. The molecular formula is C58H41N3. The number of hydrogen-bond acceptors (Lipinski definition) is 2. The van der Waals surface area contributed by atoms with E-state index in [-0.39, 0.29) is 0 Å². The largest absolute Gasteiger partial charge is 0.310 e. The number of benzene rings is 10. The van der Waals surface area contributed by atoms with Crippen molar-refractivity contribution in [3.8, 4) is 27.9 Å². The number of hydrogen-bond donors (Lipinski definition) is 0. The Morgan fingerprint density at radius 3 is 1.10 bits per heavy atom. The first kappa shape index (κ1) is 36.0. The highest BCUT2D eigenvalue weighted by Crippen LogP contribution is 2.45. The summed E-state index contributed by atoms with van der Waals surface area (Å²) in [5, 5.41) is 4.84. The SMILES string of the molecule is c1ccc(N(c2ccccc2)c2ccccc2-c2ccc3c(c2)c2cc(-c4ccccc4N(c4ccccc4)c4ccccc4)ccc2n3-c2ccc3ccccc3c2)cc1. The van der Waals surface area contributed by atoms with Crippen LogP contribution in [0, 0.1) is 0 Å². The quantitative estimate of drug-likeness (QED) is 0.145. The van der Waals surface area contributed by atoms with E-state index in [4.69, 9.17) is 0 Å². The molecule has 0 aliphatic carbocycles. The molecule has 0 aliphatic heterocycles. The molecule has 1 heterocycles. The van der Waals surface area contributed by atoms with E-state index in [0.717, 1.165) is 73.1 Å². The molecule has 0 unspecified atom stereocenters. The fraction of sp³-hybridized carbons (Fsp3) is 0. The lowest BCUT2D eigenvalue weighted by Gasteiger charge is -2.28. The molecule has 288 valence electrons. The van der Waals surface area contributed by atoms with Crippen LogP contribution >= 0.6 is 0 Å². The zero-order valence-corrected chi connectivity index (χ0v) is 33.5. The maximum Gasteiger partial charge on any atom is 0.0541 e. The number of rotatable bonds is 9. The summed E-state index contributed by atoms with van der Waals surface area (Å²) >= 11 is 0. The molecular weight excluding hydrogens is 739 g/mol. The predicted octanol–water partition coefficient (Wildman–Crippen LogP) is 16.2. The molecule has 3 heteroatoms. The van der Waals surface area contributed by atoms with Gasteiger partial charge in [0, 0.05) is 50.3 Å². The van der Waals surface area contributed by atoms with Gasteiger partial charge in [-0.25, -0.2) is 0 Å². The molecule has 11 aromatic rings. The first-order valence-electron chi connectivity index (χ1n) is 20.9. The van der Waals surface area contributed by atoms with Crippen LogP contribution in [0.2, 0.25) is 0 Å². The van der Waals surface area contributed by atoms with Crippen molar-refractivity contribution >= 4 is 66.7 Å². The van der Waals surface area contributed by atoms with E-state index in [0.29, 0.717) is 0 Å². The molecule has 10 aromatic carbocycles. The smallest absolute Gasteiger partial charge is 0.0541 e. The van der Waals surface area contributed by atoms with E-state index in [1.165, 1.54) is 21.5 Å². The Bertz CT molecular complexity index is 3040. The Morgan fingerprint density at radius 2 is 0.656 bits per heavy atom. The molecule has 0 saturated heterocycles. The number of nitrogens with zero attached hydrogens (tertiary/aromatic N) is 3. The lowest BCUT2D eigenvalue weighted by molar-refractivity contribution is 1.19. The molecule has 0 fully saturated rings. The summed E-state index contributed by atoms with van der Waals surface area (Å²) in [6.07, 6.45) is 0. The Labute approximate surface area is 356 Å². The monoisotopic (exact) mass is 779 g/mol. The van der Waals surface area contributed by atoms with Crippen LogP contribution in [0.4, 0.5) is 34.1 Å². The molecule has 0 N–H and O–H groups in total. The second-order valence-electron chi connectivity index (χ2n) is 15.4. The summed E-state index contributed by atoms with van der Waals surface area (Å²) in [5.74, 6) is 0. The third-order valence-electron chi connectivity index (χ3n) is 11.7. The third kappa shape index (κ3) is 6.59. The maximum atomic E-state index is 2.43. The molecule has 11 rings (SSSR count). The van der Waals surface area contributed by atoms with Gasteiger partial charge in [-0.05, 0) is 119 Å². The zero-order chi connectivity index (χ0) is 40.5. The summed E-state index contributed by atoms with van der Waals surface area (Å²) in [6.45, 7) is 0. The molecule has 0 atom stereocenters. The van der Waals surface area contributed by atoms with Crippen molar-refractivity contribution in [3.05, 3.63) is 249 Å². The van der Waals surface area contributed by atoms with E-state index < -0.39 is 0 Å². The van der Waals surface area contributed by atoms with Gasteiger partial charge in [0.2, 0.25) is 0 Å². The van der Waals surface area contributed by atoms with Gasteiger partial charge < -0.3 is 14.4 Å². The minimum absolute atomic E-state index is 1.11. The molecule has 0 saturated carbocycles. The maximum absolute atomic E-state index is 2.43. The fourth-order valence-electron chi connectivity index (χ4n) is 8.94. The zero-order valence-electron chi connectivity index (χ0n) is 33.5. The first-order valence-corrected chi connectivity index (χ1v) is 20.9. The summed E-state index contributed by atoms with van der Waals surface area (Å²) in [7, 11) is 0. The summed E-state index contributed by atoms with van der Waals surface area (Å²) < 4.78 is 2.43. The standard InChI is InChI=1S/C58H41N3/c1-5-21-46(22-6-1)59(47-23-7-2-8-24-47)55-31-17-15-29-51(55)44-34-37-57-53(40-44)54-41-45(35-38-58(54)61(57)50-36-33-42-19-13-14-20-43(42)39-50)52-30-16-18-32-56(52)60(48-25-9-3-10-26-48)49-27-11-4-12-28-49/h1-41H. The van der Waals surface area contributed by atoms with Gasteiger partial charge in [0.25, 0.3) is 0 Å². The van der Waals surface area contributed by atoms with Crippen LogP contribution < -0.4 is 9.80 Å². The van der Waals surface area contributed by atoms with Gasteiger partial charge in [0.1, 0.15) is 0 Å². The number of anilines is 6. The fourth-order valence-corrected chi connectivity index (χ4v) is 8.94. The van der Waals surface area contributed by atoms with Crippen molar-refractivity contribution in [2.75, 3.05) is 9.80 Å². The number of aromatic nitrogens is 1. The van der Waals surface area contributed by atoms with Crippen LogP contribution in [0.1, 0.15) is 0 Å². The van der Waals surface area contributed by atoms with Crippen LogP contribution in [0.5, 0.6) is 0 Å². The molecule has 0 bridgehead atoms. The van der Waals surface area contributed by atoms with Crippen LogP contribution in [0.3, 0.4) is 0 Å². The third-order valence-corrected chi connectivity index (χ3v) is 11.7. The van der Waals surface area contributed by atoms with Gasteiger partial charge in [0.05, 0.1) is 22.4 Å². The van der Waals surface area contributed by atoms with Gasteiger partial charge in [0.15, 0.2) is 0 Å². The minimum atomic E-state index is 1.11. The van der Waals surface area contributed by atoms with E-state index in [9.17, 15) is 0 Å². The van der Waals surface area contributed by atoms with Crippen molar-refractivity contribution in [2.45, 2.75) is 0 Å². The average Bonchev–Trinajstić information content (AvgIpc) is 3.66. The van der Waals surface area contributed by atoms with Gasteiger partial charge >= 0.3 is 0 Å². The highest BCUT2D eigenvalue weighted by molar-refractivity contribution is 6.12. The minimum Gasteiger partial charge on any atom is -0.310 e. The summed E-state index contributed by atoms with van der Waals surface area (Å²) in [4.78, 5) is 4.72. The predicted molar refractivity (Wildman–Crippen MR) is 259 cm³/mol. The lowest BCUT2D eigenvalue weighted by Crippen LogP contribution is -2.10. The van der Waals surface area contributed by atoms with E-state index in [1.807, 2.05) is 0 Å². The number of fused-ring (bicyclic) bond motifs is 4. The highest BCUT2D eigenvalue weighted by atomic mass is 15.1. The molecule has 0 spiro atoms. The molecule has 3 nitrogen and oxygen atoms in total. The van der Waals surface area contributed by atoms with E-state index in [2.05, 4.69) is 263 Å². The number of para-hydroxylation sites is 6. The summed E-state index contributed by atoms with van der Waals surface area (Å²) in [5.41, 5.74) is 14.8. The van der Waals surface area contributed by atoms with Crippen molar-refractivity contribution in [1.82, 2.24) is 4.57 Å². The van der Waals surface area contributed by atoms with Gasteiger partial charge in [-0.3, -0.25) is 0 Å². The second-order valence-corrected chi connectivity index (χ2v) is 15.4. The van der Waals surface area contributed by atoms with Crippen molar-refractivity contribution in [1.29, 1.82) is 0 Å². The Morgan fingerprint density at radius 1 is 0.279 bits per heavy atom. The Balaban J connectivity index is 1.14. The molecule has 0 aliphatic rings. The van der Waals surface area contributed by atoms with Crippen LogP contribution in [0.25, 0.3) is 60.5 Å². The van der Waals surface area contributed by atoms with Crippen LogP contribution in [-0.2, 0) is 0 Å². The van der Waals surface area contributed by atoms with E-state index >= 15 is 0 Å². The van der Waals surface area contributed by atoms with E-state index in [1.54, 1.807) is 0 Å². The normalized spacial score (nSPS) is 11.3. The highest BCUT2D eigenvalue weighted by Gasteiger charge is 2.21. The van der Waals surface area contributed by atoms with Crippen LogP contribution in [0.15, 0.2) is 249 Å². The van der Waals surface area contributed by atoms with Gasteiger partial charge in [-0.15, -0.1) is 0 Å². The molecule has 61 heavy (non-hydrogen) atoms. The van der Waals surface area contributed by atoms with Gasteiger partial charge in [-0.2, -0.15) is 0 Å². The van der Waals surface area contributed by atoms with Crippen molar-refractivity contribution in [2.24, 2.45) is 0 Å². The summed E-state index contributed by atoms with van der Waals surface area (Å²) in [6, 6.07) is 89.6. The average molecular weight is 780 g/mol.